The second-order valence-corrected chi connectivity index (χ2v) is 4.04. The third-order valence-electron chi connectivity index (χ3n) is 2.95. The molecule has 1 aromatic rings. The highest BCUT2D eigenvalue weighted by Gasteiger charge is 2.34. The zero-order chi connectivity index (χ0) is 10.7. The molecule has 2 N–H and O–H groups in total. The molecular weight excluding hydrogens is 194 g/mol. The van der Waals surface area contributed by atoms with Crippen LogP contribution in [0.5, 0.6) is 0 Å². The van der Waals surface area contributed by atoms with E-state index >= 15 is 0 Å². The molecule has 0 aromatic carbocycles. The van der Waals surface area contributed by atoms with Crippen LogP contribution in [0.1, 0.15) is 43.6 Å². The van der Waals surface area contributed by atoms with Gasteiger partial charge in [-0.3, -0.25) is 0 Å². The van der Waals surface area contributed by atoms with Crippen molar-refractivity contribution in [2.75, 3.05) is 0 Å². The minimum Gasteiger partial charge on any atom is -0.457 e. The molecule has 0 aliphatic heterocycles. The molecular formula is C11H15NO3. The predicted octanol–water partition coefficient (Wildman–Crippen LogP) is 2.24. The van der Waals surface area contributed by atoms with Gasteiger partial charge < -0.3 is 14.7 Å². The first-order valence-corrected chi connectivity index (χ1v) is 5.25. The third-order valence-corrected chi connectivity index (χ3v) is 2.95. The van der Waals surface area contributed by atoms with Gasteiger partial charge in [0.1, 0.15) is 23.3 Å². The Morgan fingerprint density at radius 1 is 1.27 bits per heavy atom. The molecule has 1 fully saturated rings. The number of hydrogen-bond acceptors (Lipinski definition) is 4. The Balaban J connectivity index is 2.19. The number of oxime groups is 1. The van der Waals surface area contributed by atoms with E-state index in [1.165, 1.54) is 12.6 Å². The Morgan fingerprint density at radius 2 is 2.00 bits per heavy atom. The zero-order valence-electron chi connectivity index (χ0n) is 8.52. The summed E-state index contributed by atoms with van der Waals surface area (Å²) in [5.41, 5.74) is -0.820. The maximum absolute atomic E-state index is 10.3. The first-order valence-electron chi connectivity index (χ1n) is 5.25. The van der Waals surface area contributed by atoms with Crippen molar-refractivity contribution >= 4 is 6.21 Å². The van der Waals surface area contributed by atoms with Crippen LogP contribution in [0.2, 0.25) is 0 Å². The second kappa shape index (κ2) is 4.06. The molecule has 82 valence electrons. The van der Waals surface area contributed by atoms with Crippen LogP contribution in [-0.2, 0) is 5.60 Å². The molecule has 0 bridgehead atoms. The van der Waals surface area contributed by atoms with E-state index in [2.05, 4.69) is 5.16 Å². The average Bonchev–Trinajstić information content (AvgIpc) is 2.69. The number of aliphatic hydroxyl groups is 1. The Labute approximate surface area is 88.2 Å². The predicted molar refractivity (Wildman–Crippen MR) is 55.1 cm³/mol. The minimum atomic E-state index is -0.820. The fourth-order valence-electron chi connectivity index (χ4n) is 2.11. The summed E-state index contributed by atoms with van der Waals surface area (Å²) >= 11 is 0. The fraction of sp³-hybridized carbons (Fsp3) is 0.545. The number of rotatable bonds is 2. The standard InChI is InChI=1S/C11H15NO3/c13-11(6-2-1-3-7-11)10-5-4-9(15-10)8-12-14/h4-5,8,13-14H,1-3,6-7H2/b12-8-. The van der Waals surface area contributed by atoms with Gasteiger partial charge in [-0.25, -0.2) is 0 Å². The highest BCUT2D eigenvalue weighted by atomic mass is 16.4. The Kier molecular flexibility index (Phi) is 2.77. The molecule has 0 saturated heterocycles. The molecule has 0 atom stereocenters. The number of nitrogens with zero attached hydrogens (tertiary/aromatic N) is 1. The molecule has 1 aromatic heterocycles. The van der Waals surface area contributed by atoms with Crippen LogP contribution >= 0.6 is 0 Å². The average molecular weight is 209 g/mol. The van der Waals surface area contributed by atoms with Gasteiger partial charge in [0.15, 0.2) is 0 Å². The molecule has 1 saturated carbocycles. The lowest BCUT2D eigenvalue weighted by atomic mass is 9.83. The highest BCUT2D eigenvalue weighted by molar-refractivity contribution is 5.75. The van der Waals surface area contributed by atoms with E-state index in [1.54, 1.807) is 12.1 Å². The maximum Gasteiger partial charge on any atom is 0.148 e. The van der Waals surface area contributed by atoms with E-state index in [0.29, 0.717) is 11.5 Å². The van der Waals surface area contributed by atoms with Crippen LogP contribution < -0.4 is 0 Å². The van der Waals surface area contributed by atoms with E-state index in [9.17, 15) is 5.11 Å². The largest absolute Gasteiger partial charge is 0.457 e. The quantitative estimate of drug-likeness (QED) is 0.446. The lowest BCUT2D eigenvalue weighted by molar-refractivity contribution is -0.0199. The Hall–Kier alpha value is -1.29. The number of furan rings is 1. The summed E-state index contributed by atoms with van der Waals surface area (Å²) in [5.74, 6) is 1.04. The summed E-state index contributed by atoms with van der Waals surface area (Å²) in [5, 5.41) is 21.6. The van der Waals surface area contributed by atoms with E-state index in [1.807, 2.05) is 0 Å². The van der Waals surface area contributed by atoms with Crippen LogP contribution in [0.15, 0.2) is 21.7 Å². The van der Waals surface area contributed by atoms with E-state index in [-0.39, 0.29) is 0 Å². The van der Waals surface area contributed by atoms with Crippen LogP contribution in [0, 0.1) is 0 Å². The highest BCUT2D eigenvalue weighted by Crippen LogP contribution is 2.37. The lowest BCUT2D eigenvalue weighted by Gasteiger charge is -2.29. The second-order valence-electron chi connectivity index (χ2n) is 4.04. The van der Waals surface area contributed by atoms with Crippen molar-refractivity contribution in [3.05, 3.63) is 23.7 Å². The molecule has 1 heterocycles. The third kappa shape index (κ3) is 2.04. The van der Waals surface area contributed by atoms with Crippen molar-refractivity contribution in [3.63, 3.8) is 0 Å². The van der Waals surface area contributed by atoms with Crippen molar-refractivity contribution in [3.8, 4) is 0 Å². The first kappa shape index (κ1) is 10.2. The Bertz CT molecular complexity index is 350. The van der Waals surface area contributed by atoms with E-state index < -0.39 is 5.60 Å². The lowest BCUT2D eigenvalue weighted by Crippen LogP contribution is -2.27. The molecule has 1 aliphatic rings. The topological polar surface area (TPSA) is 66.0 Å². The summed E-state index contributed by atoms with van der Waals surface area (Å²) in [6.07, 6.45) is 5.94. The van der Waals surface area contributed by atoms with Gasteiger partial charge in [-0.2, -0.15) is 0 Å². The molecule has 0 unspecified atom stereocenters. The van der Waals surface area contributed by atoms with Gasteiger partial charge in [0.25, 0.3) is 0 Å². The van der Waals surface area contributed by atoms with E-state index in [0.717, 1.165) is 25.7 Å². The molecule has 4 nitrogen and oxygen atoms in total. The molecule has 0 radical (unpaired) electrons. The fourth-order valence-corrected chi connectivity index (χ4v) is 2.11. The van der Waals surface area contributed by atoms with Crippen molar-refractivity contribution in [2.24, 2.45) is 5.16 Å². The monoisotopic (exact) mass is 209 g/mol. The van der Waals surface area contributed by atoms with Crippen molar-refractivity contribution < 1.29 is 14.7 Å². The zero-order valence-corrected chi connectivity index (χ0v) is 8.52. The SMILES string of the molecule is O/N=C\c1ccc(C2(O)CCCCC2)o1. The van der Waals surface area contributed by atoms with Crippen molar-refractivity contribution in [1.82, 2.24) is 0 Å². The van der Waals surface area contributed by atoms with Gasteiger partial charge in [0, 0.05) is 0 Å². The van der Waals surface area contributed by atoms with Gasteiger partial charge in [-0.15, -0.1) is 0 Å². The van der Waals surface area contributed by atoms with Crippen molar-refractivity contribution in [1.29, 1.82) is 0 Å². The van der Waals surface area contributed by atoms with Crippen LogP contribution in [0.3, 0.4) is 0 Å². The summed E-state index contributed by atoms with van der Waals surface area (Å²) in [6, 6.07) is 3.45. The van der Waals surface area contributed by atoms with Gasteiger partial charge in [-0.05, 0) is 25.0 Å². The van der Waals surface area contributed by atoms with Gasteiger partial charge >= 0.3 is 0 Å². The maximum atomic E-state index is 10.3. The Morgan fingerprint density at radius 3 is 2.67 bits per heavy atom. The molecule has 4 heteroatoms. The summed E-state index contributed by atoms with van der Waals surface area (Å²) in [6.45, 7) is 0. The van der Waals surface area contributed by atoms with Crippen LogP contribution in [0.4, 0.5) is 0 Å². The smallest absolute Gasteiger partial charge is 0.148 e. The normalized spacial score (nSPS) is 20.9. The molecule has 0 spiro atoms. The first-order chi connectivity index (χ1) is 7.24. The van der Waals surface area contributed by atoms with Crippen molar-refractivity contribution in [2.45, 2.75) is 37.7 Å². The van der Waals surface area contributed by atoms with Crippen LogP contribution in [-0.4, -0.2) is 16.5 Å². The molecule has 0 amide bonds. The van der Waals surface area contributed by atoms with Gasteiger partial charge in [-0.1, -0.05) is 24.4 Å². The number of hydrogen-bond donors (Lipinski definition) is 2. The summed E-state index contributed by atoms with van der Waals surface area (Å²) in [4.78, 5) is 0. The molecule has 2 rings (SSSR count). The van der Waals surface area contributed by atoms with Gasteiger partial charge in [0.05, 0.1) is 0 Å². The van der Waals surface area contributed by atoms with Crippen LogP contribution in [0.25, 0.3) is 0 Å². The van der Waals surface area contributed by atoms with Gasteiger partial charge in [0.2, 0.25) is 0 Å². The van der Waals surface area contributed by atoms with E-state index in [4.69, 9.17) is 9.62 Å². The molecule has 15 heavy (non-hydrogen) atoms. The molecule has 1 aliphatic carbocycles. The minimum absolute atomic E-state index is 0.464. The summed E-state index contributed by atoms with van der Waals surface area (Å²) < 4.78 is 5.41. The summed E-state index contributed by atoms with van der Waals surface area (Å²) in [7, 11) is 0.